The van der Waals surface area contributed by atoms with Crippen molar-refractivity contribution in [2.75, 3.05) is 11.6 Å². The Morgan fingerprint density at radius 1 is 1.17 bits per heavy atom. The number of amides is 2. The standard InChI is InChI=1S/C18H19Cl2N3O/c1-2-3-11-21-18(24)23(15-9-10-16(19)17(20)12-15)22-13-14-7-5-4-6-8-14/h4-10,12-13H,2-3,11H2,1H3,(H,21,24)/b22-13+. The van der Waals surface area contributed by atoms with Gasteiger partial charge in [0.25, 0.3) is 0 Å². The molecule has 0 aromatic heterocycles. The molecule has 2 amide bonds. The van der Waals surface area contributed by atoms with Gasteiger partial charge in [0, 0.05) is 6.54 Å². The van der Waals surface area contributed by atoms with Gasteiger partial charge in [-0.3, -0.25) is 0 Å². The first-order valence-electron chi connectivity index (χ1n) is 7.74. The highest BCUT2D eigenvalue weighted by Gasteiger charge is 2.15. The second-order valence-corrected chi connectivity index (χ2v) is 5.97. The number of hydrogen-bond donors (Lipinski definition) is 1. The van der Waals surface area contributed by atoms with Crippen molar-refractivity contribution in [2.24, 2.45) is 5.10 Å². The first-order chi connectivity index (χ1) is 11.6. The number of carbonyl (C=O) groups excluding carboxylic acids is 1. The van der Waals surface area contributed by atoms with E-state index >= 15 is 0 Å². The topological polar surface area (TPSA) is 44.7 Å². The van der Waals surface area contributed by atoms with Crippen LogP contribution in [0.25, 0.3) is 0 Å². The van der Waals surface area contributed by atoms with E-state index in [1.165, 1.54) is 5.01 Å². The summed E-state index contributed by atoms with van der Waals surface area (Å²) < 4.78 is 0. The molecule has 4 nitrogen and oxygen atoms in total. The predicted molar refractivity (Wildman–Crippen MR) is 101 cm³/mol. The summed E-state index contributed by atoms with van der Waals surface area (Å²) in [5, 5.41) is 9.24. The molecule has 0 spiro atoms. The lowest BCUT2D eigenvalue weighted by molar-refractivity contribution is 0.246. The maximum Gasteiger partial charge on any atom is 0.342 e. The van der Waals surface area contributed by atoms with E-state index in [1.54, 1.807) is 24.4 Å². The zero-order chi connectivity index (χ0) is 17.4. The van der Waals surface area contributed by atoms with Crippen molar-refractivity contribution in [3.05, 3.63) is 64.1 Å². The molecule has 2 rings (SSSR count). The second kappa shape index (κ2) is 9.30. The van der Waals surface area contributed by atoms with Crippen LogP contribution in [-0.2, 0) is 0 Å². The van der Waals surface area contributed by atoms with Gasteiger partial charge in [-0.15, -0.1) is 0 Å². The molecule has 2 aromatic rings. The lowest BCUT2D eigenvalue weighted by atomic mass is 10.2. The number of unbranched alkanes of at least 4 members (excludes halogenated alkanes) is 1. The number of rotatable bonds is 6. The average Bonchev–Trinajstić information content (AvgIpc) is 2.59. The Hall–Kier alpha value is -2.04. The Labute approximate surface area is 152 Å². The first-order valence-corrected chi connectivity index (χ1v) is 8.49. The highest BCUT2D eigenvalue weighted by molar-refractivity contribution is 6.42. The van der Waals surface area contributed by atoms with Crippen LogP contribution in [-0.4, -0.2) is 18.8 Å². The minimum atomic E-state index is -0.311. The van der Waals surface area contributed by atoms with Gasteiger partial charge in [0.05, 0.1) is 21.9 Å². The van der Waals surface area contributed by atoms with Gasteiger partial charge in [-0.05, 0) is 30.2 Å². The van der Waals surface area contributed by atoms with E-state index in [4.69, 9.17) is 23.2 Å². The van der Waals surface area contributed by atoms with Crippen LogP contribution >= 0.6 is 23.2 Å². The molecule has 0 aliphatic heterocycles. The van der Waals surface area contributed by atoms with Gasteiger partial charge in [0.15, 0.2) is 0 Å². The molecule has 0 fully saturated rings. The third-order valence-corrected chi connectivity index (χ3v) is 4.01. The second-order valence-electron chi connectivity index (χ2n) is 5.15. The van der Waals surface area contributed by atoms with Crippen molar-refractivity contribution in [3.8, 4) is 0 Å². The predicted octanol–water partition coefficient (Wildman–Crippen LogP) is 5.34. The number of nitrogens with zero attached hydrogens (tertiary/aromatic N) is 2. The van der Waals surface area contributed by atoms with E-state index in [9.17, 15) is 4.79 Å². The summed E-state index contributed by atoms with van der Waals surface area (Å²) in [4.78, 5) is 12.5. The minimum Gasteiger partial charge on any atom is -0.336 e. The van der Waals surface area contributed by atoms with Gasteiger partial charge < -0.3 is 5.32 Å². The fourth-order valence-corrected chi connectivity index (χ4v) is 2.26. The van der Waals surface area contributed by atoms with Crippen LogP contribution in [0.3, 0.4) is 0 Å². The highest BCUT2D eigenvalue weighted by atomic mass is 35.5. The maximum atomic E-state index is 12.5. The molecule has 0 heterocycles. The summed E-state index contributed by atoms with van der Waals surface area (Å²) in [6, 6.07) is 14.2. The third-order valence-electron chi connectivity index (χ3n) is 3.27. The molecule has 1 N–H and O–H groups in total. The summed E-state index contributed by atoms with van der Waals surface area (Å²) in [6.45, 7) is 2.66. The molecule has 0 bridgehead atoms. The van der Waals surface area contributed by atoms with Gasteiger partial charge in [-0.2, -0.15) is 10.1 Å². The third kappa shape index (κ3) is 5.25. The molecule has 24 heavy (non-hydrogen) atoms. The molecular weight excluding hydrogens is 345 g/mol. The quantitative estimate of drug-likeness (QED) is 0.420. The fourth-order valence-electron chi connectivity index (χ4n) is 1.96. The number of halogens is 2. The lowest BCUT2D eigenvalue weighted by Gasteiger charge is -2.18. The normalized spacial score (nSPS) is 10.8. The van der Waals surface area contributed by atoms with Crippen LogP contribution in [0.4, 0.5) is 10.5 Å². The number of carbonyl (C=O) groups is 1. The van der Waals surface area contributed by atoms with E-state index < -0.39 is 0 Å². The molecule has 6 heteroatoms. The number of benzene rings is 2. The molecule has 126 valence electrons. The van der Waals surface area contributed by atoms with Crippen molar-refractivity contribution < 1.29 is 4.79 Å². The van der Waals surface area contributed by atoms with E-state index in [1.807, 2.05) is 30.3 Å². The van der Waals surface area contributed by atoms with Gasteiger partial charge >= 0.3 is 6.03 Å². The summed E-state index contributed by atoms with van der Waals surface area (Å²) in [7, 11) is 0. The zero-order valence-corrected chi connectivity index (χ0v) is 14.9. The smallest absolute Gasteiger partial charge is 0.336 e. The first kappa shape index (κ1) is 18.3. The molecule has 2 aromatic carbocycles. The number of anilines is 1. The van der Waals surface area contributed by atoms with Crippen molar-refractivity contribution >= 4 is 41.1 Å². The van der Waals surface area contributed by atoms with Crippen LogP contribution in [0.15, 0.2) is 53.6 Å². The number of urea groups is 1. The van der Waals surface area contributed by atoms with Gasteiger partial charge in [-0.1, -0.05) is 66.9 Å². The monoisotopic (exact) mass is 363 g/mol. The zero-order valence-electron chi connectivity index (χ0n) is 13.4. The SMILES string of the molecule is CCCCNC(=O)N(/N=C/c1ccccc1)c1ccc(Cl)c(Cl)c1. The van der Waals surface area contributed by atoms with Gasteiger partial charge in [-0.25, -0.2) is 4.79 Å². The van der Waals surface area contributed by atoms with E-state index in [0.29, 0.717) is 22.3 Å². The molecule has 0 aliphatic carbocycles. The van der Waals surface area contributed by atoms with Crippen molar-refractivity contribution in [3.63, 3.8) is 0 Å². The molecule has 0 aliphatic rings. The summed E-state index contributed by atoms with van der Waals surface area (Å²) >= 11 is 12.0. The van der Waals surface area contributed by atoms with E-state index in [2.05, 4.69) is 17.3 Å². The van der Waals surface area contributed by atoms with E-state index in [-0.39, 0.29) is 6.03 Å². The molecule has 0 saturated heterocycles. The van der Waals surface area contributed by atoms with Crippen LogP contribution in [0.1, 0.15) is 25.3 Å². The van der Waals surface area contributed by atoms with Gasteiger partial charge in [0.2, 0.25) is 0 Å². The number of nitrogens with one attached hydrogen (secondary N) is 1. The lowest BCUT2D eigenvalue weighted by Crippen LogP contribution is -2.37. The molecule has 0 atom stereocenters. The Morgan fingerprint density at radius 3 is 2.58 bits per heavy atom. The van der Waals surface area contributed by atoms with Crippen molar-refractivity contribution in [1.82, 2.24) is 5.32 Å². The number of hydrazone groups is 1. The Balaban J connectivity index is 2.24. The fraction of sp³-hybridized carbons (Fsp3) is 0.222. The molecule has 0 unspecified atom stereocenters. The summed E-state index contributed by atoms with van der Waals surface area (Å²) in [5.74, 6) is 0. The average molecular weight is 364 g/mol. The Kier molecular flexibility index (Phi) is 7.09. The van der Waals surface area contributed by atoms with Crippen LogP contribution < -0.4 is 10.3 Å². The van der Waals surface area contributed by atoms with Crippen LogP contribution in [0.5, 0.6) is 0 Å². The summed E-state index contributed by atoms with van der Waals surface area (Å²) in [6.07, 6.45) is 3.53. The van der Waals surface area contributed by atoms with E-state index in [0.717, 1.165) is 18.4 Å². The van der Waals surface area contributed by atoms with Crippen LogP contribution in [0, 0.1) is 0 Å². The highest BCUT2D eigenvalue weighted by Crippen LogP contribution is 2.27. The molecule has 0 saturated carbocycles. The largest absolute Gasteiger partial charge is 0.342 e. The molecule has 0 radical (unpaired) electrons. The Bertz CT molecular complexity index is 705. The van der Waals surface area contributed by atoms with Crippen molar-refractivity contribution in [1.29, 1.82) is 0 Å². The number of hydrogen-bond acceptors (Lipinski definition) is 2. The van der Waals surface area contributed by atoms with Gasteiger partial charge in [0.1, 0.15) is 0 Å². The minimum absolute atomic E-state index is 0.311. The summed E-state index contributed by atoms with van der Waals surface area (Å²) in [5.41, 5.74) is 1.44. The molecular formula is C18H19Cl2N3O. The van der Waals surface area contributed by atoms with Crippen molar-refractivity contribution in [2.45, 2.75) is 19.8 Å². The van der Waals surface area contributed by atoms with Crippen LogP contribution in [0.2, 0.25) is 10.0 Å². The Morgan fingerprint density at radius 2 is 1.92 bits per heavy atom. The maximum absolute atomic E-state index is 12.5.